The lowest BCUT2D eigenvalue weighted by Crippen LogP contribution is -2.35. The summed E-state index contributed by atoms with van der Waals surface area (Å²) in [5.41, 5.74) is 3.43. The number of fused-ring (bicyclic) bond motifs is 3. The van der Waals surface area contributed by atoms with Crippen molar-refractivity contribution < 1.29 is 8.96 Å². The van der Waals surface area contributed by atoms with E-state index in [1.807, 2.05) is 24.4 Å². The first-order valence-electron chi connectivity index (χ1n) is 7.11. The van der Waals surface area contributed by atoms with Gasteiger partial charge in [-0.15, -0.1) is 0 Å². The van der Waals surface area contributed by atoms with Crippen molar-refractivity contribution in [2.24, 2.45) is 4.99 Å². The van der Waals surface area contributed by atoms with Gasteiger partial charge in [0.1, 0.15) is 16.9 Å². The van der Waals surface area contributed by atoms with Crippen LogP contribution in [-0.2, 0) is 13.1 Å². The standard InChI is InChI=1S/C17H15FN3/c18-14-8-6-13(7-9-14)12-21-16-5-2-1-4-15(16)20-11-3-10-19-17(20)21/h1-2,4-10H,3,11-12H2/q+1. The van der Waals surface area contributed by atoms with Gasteiger partial charge in [-0.25, -0.2) is 13.5 Å². The maximum Gasteiger partial charge on any atom is 0.399 e. The van der Waals surface area contributed by atoms with Crippen LogP contribution in [0.3, 0.4) is 0 Å². The summed E-state index contributed by atoms with van der Waals surface area (Å²) in [7, 11) is 0. The van der Waals surface area contributed by atoms with E-state index >= 15 is 0 Å². The zero-order valence-corrected chi connectivity index (χ0v) is 11.5. The van der Waals surface area contributed by atoms with E-state index in [0.29, 0.717) is 6.54 Å². The van der Waals surface area contributed by atoms with E-state index in [2.05, 4.69) is 32.3 Å². The van der Waals surface area contributed by atoms with Crippen LogP contribution in [0.2, 0.25) is 0 Å². The summed E-state index contributed by atoms with van der Waals surface area (Å²) in [5, 5.41) is 0. The van der Waals surface area contributed by atoms with Crippen LogP contribution < -0.4 is 4.57 Å². The molecule has 3 nitrogen and oxygen atoms in total. The highest BCUT2D eigenvalue weighted by Crippen LogP contribution is 2.23. The predicted molar refractivity (Wildman–Crippen MR) is 80.4 cm³/mol. The molecule has 2 heterocycles. The average Bonchev–Trinajstić information content (AvgIpc) is 2.85. The van der Waals surface area contributed by atoms with Gasteiger partial charge in [0.25, 0.3) is 0 Å². The molecule has 4 heteroatoms. The third-order valence-corrected chi connectivity index (χ3v) is 3.89. The Morgan fingerprint density at radius 2 is 1.90 bits per heavy atom. The third-order valence-electron chi connectivity index (χ3n) is 3.89. The molecule has 0 atom stereocenters. The fourth-order valence-corrected chi connectivity index (χ4v) is 2.90. The van der Waals surface area contributed by atoms with Crippen molar-refractivity contribution in [3.8, 4) is 0 Å². The Balaban J connectivity index is 1.88. The zero-order chi connectivity index (χ0) is 14.2. The lowest BCUT2D eigenvalue weighted by Gasteiger charge is -2.04. The van der Waals surface area contributed by atoms with Crippen LogP contribution in [0.5, 0.6) is 0 Å². The van der Waals surface area contributed by atoms with E-state index in [1.54, 1.807) is 0 Å². The molecule has 0 bridgehead atoms. The van der Waals surface area contributed by atoms with E-state index in [4.69, 9.17) is 0 Å². The molecule has 3 aromatic rings. The van der Waals surface area contributed by atoms with Gasteiger partial charge in [0.05, 0.1) is 19.3 Å². The highest BCUT2D eigenvalue weighted by molar-refractivity contribution is 5.75. The molecule has 1 aliphatic heterocycles. The number of imidazole rings is 1. The summed E-state index contributed by atoms with van der Waals surface area (Å²) >= 11 is 0. The number of para-hydroxylation sites is 2. The van der Waals surface area contributed by atoms with Crippen LogP contribution in [0.4, 0.5) is 10.3 Å². The Morgan fingerprint density at radius 1 is 1.10 bits per heavy atom. The van der Waals surface area contributed by atoms with Gasteiger partial charge in [-0.3, -0.25) is 0 Å². The summed E-state index contributed by atoms with van der Waals surface area (Å²) in [4.78, 5) is 4.57. The molecule has 4 rings (SSSR count). The SMILES string of the molecule is Fc1ccc(Cn2c3[n+](c4ccccc42)CCC=N3)cc1. The minimum absolute atomic E-state index is 0.203. The molecular formula is C17H15FN3+. The Bertz CT molecular complexity index is 831. The van der Waals surface area contributed by atoms with Crippen molar-refractivity contribution in [1.82, 2.24) is 4.57 Å². The number of halogens is 1. The second-order valence-electron chi connectivity index (χ2n) is 5.25. The summed E-state index contributed by atoms with van der Waals surface area (Å²) in [5.74, 6) is 0.761. The lowest BCUT2D eigenvalue weighted by atomic mass is 10.2. The van der Waals surface area contributed by atoms with Gasteiger partial charge in [0.15, 0.2) is 0 Å². The topological polar surface area (TPSA) is 21.2 Å². The maximum absolute atomic E-state index is 13.1. The zero-order valence-electron chi connectivity index (χ0n) is 11.5. The molecular weight excluding hydrogens is 265 g/mol. The fourth-order valence-electron chi connectivity index (χ4n) is 2.90. The molecule has 21 heavy (non-hydrogen) atoms. The van der Waals surface area contributed by atoms with Gasteiger partial charge in [-0.2, -0.15) is 0 Å². The molecule has 0 N–H and O–H groups in total. The van der Waals surface area contributed by atoms with Gasteiger partial charge in [-0.05, 0) is 29.8 Å². The molecule has 0 radical (unpaired) electrons. The fraction of sp³-hybridized carbons (Fsp3) is 0.176. The summed E-state index contributed by atoms with van der Waals surface area (Å²) in [6.07, 6.45) is 2.93. The van der Waals surface area contributed by atoms with E-state index < -0.39 is 0 Å². The highest BCUT2D eigenvalue weighted by atomic mass is 19.1. The van der Waals surface area contributed by atoms with E-state index in [9.17, 15) is 4.39 Å². The van der Waals surface area contributed by atoms with Crippen LogP contribution in [0.25, 0.3) is 11.0 Å². The van der Waals surface area contributed by atoms with E-state index in [0.717, 1.165) is 30.0 Å². The van der Waals surface area contributed by atoms with Crippen molar-refractivity contribution >= 4 is 23.2 Å². The Morgan fingerprint density at radius 3 is 2.76 bits per heavy atom. The molecule has 1 aromatic heterocycles. The van der Waals surface area contributed by atoms with Gasteiger partial charge in [0, 0.05) is 6.42 Å². The molecule has 1 aliphatic rings. The van der Waals surface area contributed by atoms with Crippen LogP contribution >= 0.6 is 0 Å². The lowest BCUT2D eigenvalue weighted by molar-refractivity contribution is -0.658. The minimum Gasteiger partial charge on any atom is -0.224 e. The number of nitrogens with zero attached hydrogens (tertiary/aromatic N) is 3. The van der Waals surface area contributed by atoms with Gasteiger partial charge in [-0.1, -0.05) is 29.3 Å². The molecule has 0 fully saturated rings. The van der Waals surface area contributed by atoms with E-state index in [1.165, 1.54) is 17.6 Å². The Kier molecular flexibility index (Phi) is 2.81. The summed E-state index contributed by atoms with van der Waals surface area (Å²) < 4.78 is 17.5. The third kappa shape index (κ3) is 2.03. The van der Waals surface area contributed by atoms with Crippen LogP contribution in [0, 0.1) is 5.82 Å². The smallest absolute Gasteiger partial charge is 0.224 e. The maximum atomic E-state index is 13.1. The second-order valence-corrected chi connectivity index (χ2v) is 5.25. The van der Waals surface area contributed by atoms with Crippen molar-refractivity contribution in [2.75, 3.05) is 0 Å². The molecule has 0 saturated heterocycles. The van der Waals surface area contributed by atoms with Crippen molar-refractivity contribution in [3.05, 3.63) is 59.9 Å². The van der Waals surface area contributed by atoms with Crippen molar-refractivity contribution in [1.29, 1.82) is 0 Å². The minimum atomic E-state index is -0.203. The van der Waals surface area contributed by atoms with Crippen molar-refractivity contribution in [3.63, 3.8) is 0 Å². The molecule has 0 spiro atoms. The molecule has 104 valence electrons. The number of aromatic nitrogens is 2. The normalized spacial score (nSPS) is 13.6. The van der Waals surface area contributed by atoms with Gasteiger partial charge < -0.3 is 0 Å². The van der Waals surface area contributed by atoms with Gasteiger partial charge in [0.2, 0.25) is 0 Å². The first-order chi connectivity index (χ1) is 10.3. The Labute approximate surface area is 122 Å². The predicted octanol–water partition coefficient (Wildman–Crippen LogP) is 3.22. The highest BCUT2D eigenvalue weighted by Gasteiger charge is 2.25. The first-order valence-corrected chi connectivity index (χ1v) is 7.11. The number of hydrogen-bond donors (Lipinski definition) is 0. The van der Waals surface area contributed by atoms with Gasteiger partial charge >= 0.3 is 5.95 Å². The molecule has 0 aliphatic carbocycles. The first kappa shape index (κ1) is 12.3. The molecule has 0 unspecified atom stereocenters. The largest absolute Gasteiger partial charge is 0.399 e. The van der Waals surface area contributed by atoms with Crippen LogP contribution in [0.15, 0.2) is 53.5 Å². The molecule has 0 amide bonds. The number of rotatable bonds is 2. The number of aliphatic imine (C=N–C) groups is 1. The quantitative estimate of drug-likeness (QED) is 0.643. The average molecular weight is 280 g/mol. The summed E-state index contributed by atoms with van der Waals surface area (Å²) in [6.45, 7) is 1.65. The van der Waals surface area contributed by atoms with E-state index in [-0.39, 0.29) is 5.82 Å². The molecule has 0 saturated carbocycles. The molecule has 2 aromatic carbocycles. The number of aryl methyl sites for hydroxylation is 1. The Hall–Kier alpha value is -2.49. The van der Waals surface area contributed by atoms with Crippen molar-refractivity contribution in [2.45, 2.75) is 19.5 Å². The van der Waals surface area contributed by atoms with Crippen LogP contribution in [-0.4, -0.2) is 10.8 Å². The number of benzene rings is 2. The van der Waals surface area contributed by atoms with Crippen LogP contribution in [0.1, 0.15) is 12.0 Å². The second kappa shape index (κ2) is 4.81. The number of hydrogen-bond acceptors (Lipinski definition) is 1. The summed E-state index contributed by atoms with van der Waals surface area (Å²) in [6, 6.07) is 15.0. The monoisotopic (exact) mass is 280 g/mol.